The molecule has 1 heterocycles. The number of hydrogen-bond donors (Lipinski definition) is 1. The Kier molecular flexibility index (Phi) is 3.12. The smallest absolute Gasteiger partial charge is 0.222 e. The lowest BCUT2D eigenvalue weighted by Gasteiger charge is -2.10. The van der Waals surface area contributed by atoms with Gasteiger partial charge >= 0.3 is 0 Å². The van der Waals surface area contributed by atoms with Crippen molar-refractivity contribution in [2.75, 3.05) is 0 Å². The summed E-state index contributed by atoms with van der Waals surface area (Å²) >= 11 is 5.53. The molecule has 0 aliphatic rings. The van der Waals surface area contributed by atoms with Crippen molar-refractivity contribution in [3.05, 3.63) is 58.9 Å². The molecule has 1 unspecified atom stereocenters. The topological polar surface area (TPSA) is 46.0 Å². The molecule has 0 saturated heterocycles. The molecule has 0 radical (unpaired) electrons. The molecule has 3 nitrogen and oxygen atoms in total. The zero-order valence-corrected chi connectivity index (χ0v) is 8.89. The van der Waals surface area contributed by atoms with Crippen molar-refractivity contribution in [3.8, 4) is 0 Å². The van der Waals surface area contributed by atoms with Gasteiger partial charge in [-0.25, -0.2) is 14.4 Å². The van der Waals surface area contributed by atoms with Gasteiger partial charge in [-0.15, -0.1) is 0 Å². The van der Waals surface area contributed by atoms with E-state index < -0.39 is 6.10 Å². The Morgan fingerprint density at radius 3 is 2.19 bits per heavy atom. The SMILES string of the molecule is OC(c1ccc(F)cc1)c1cnc(Cl)nc1. The molecule has 2 aromatic rings. The average molecular weight is 239 g/mol. The highest BCUT2D eigenvalue weighted by molar-refractivity contribution is 6.28. The fourth-order valence-corrected chi connectivity index (χ4v) is 1.40. The minimum atomic E-state index is -0.877. The van der Waals surface area contributed by atoms with Gasteiger partial charge in [-0.3, -0.25) is 0 Å². The van der Waals surface area contributed by atoms with Gasteiger partial charge in [0.05, 0.1) is 0 Å². The molecule has 0 aliphatic carbocycles. The van der Waals surface area contributed by atoms with Crippen LogP contribution in [0.2, 0.25) is 5.28 Å². The molecule has 0 amide bonds. The van der Waals surface area contributed by atoms with E-state index in [9.17, 15) is 9.50 Å². The molecule has 1 aromatic heterocycles. The monoisotopic (exact) mass is 238 g/mol. The highest BCUT2D eigenvalue weighted by atomic mass is 35.5. The van der Waals surface area contributed by atoms with Gasteiger partial charge in [0.15, 0.2) is 0 Å². The molecule has 0 aliphatic heterocycles. The number of aliphatic hydroxyl groups is 1. The maximum Gasteiger partial charge on any atom is 0.222 e. The van der Waals surface area contributed by atoms with E-state index in [0.29, 0.717) is 11.1 Å². The molecule has 82 valence electrons. The second kappa shape index (κ2) is 4.55. The van der Waals surface area contributed by atoms with Crippen LogP contribution < -0.4 is 0 Å². The molecule has 16 heavy (non-hydrogen) atoms. The predicted octanol–water partition coefficient (Wildman–Crippen LogP) is 2.35. The van der Waals surface area contributed by atoms with Crippen molar-refractivity contribution >= 4 is 11.6 Å². The van der Waals surface area contributed by atoms with E-state index in [-0.39, 0.29) is 11.1 Å². The summed E-state index contributed by atoms with van der Waals surface area (Å²) in [5.41, 5.74) is 1.09. The van der Waals surface area contributed by atoms with Crippen LogP contribution in [0.5, 0.6) is 0 Å². The molecule has 0 spiro atoms. The number of aromatic nitrogens is 2. The Bertz CT molecular complexity index is 427. The molecule has 5 heteroatoms. The number of rotatable bonds is 2. The van der Waals surface area contributed by atoms with Gasteiger partial charge in [-0.2, -0.15) is 0 Å². The van der Waals surface area contributed by atoms with Crippen LogP contribution in [0.25, 0.3) is 0 Å². The Labute approximate surface area is 96.6 Å². The number of halogens is 2. The summed E-state index contributed by atoms with van der Waals surface area (Å²) in [6.45, 7) is 0. The van der Waals surface area contributed by atoms with Gasteiger partial charge in [0, 0.05) is 18.0 Å². The van der Waals surface area contributed by atoms with E-state index >= 15 is 0 Å². The van der Waals surface area contributed by atoms with E-state index in [4.69, 9.17) is 11.6 Å². The largest absolute Gasteiger partial charge is 0.384 e. The number of nitrogens with zero attached hydrogens (tertiary/aromatic N) is 2. The highest BCUT2D eigenvalue weighted by Gasteiger charge is 2.11. The van der Waals surface area contributed by atoms with Crippen molar-refractivity contribution in [1.29, 1.82) is 0 Å². The van der Waals surface area contributed by atoms with Gasteiger partial charge in [-0.1, -0.05) is 12.1 Å². The van der Waals surface area contributed by atoms with Crippen LogP contribution in [0, 0.1) is 5.82 Å². The first-order valence-corrected chi connectivity index (χ1v) is 4.95. The van der Waals surface area contributed by atoms with Gasteiger partial charge in [0.2, 0.25) is 5.28 Å². The number of aliphatic hydroxyl groups excluding tert-OH is 1. The normalized spacial score (nSPS) is 12.4. The fraction of sp³-hybridized carbons (Fsp3) is 0.0909. The lowest BCUT2D eigenvalue weighted by Crippen LogP contribution is -2.01. The third-order valence-electron chi connectivity index (χ3n) is 2.14. The van der Waals surface area contributed by atoms with E-state index in [2.05, 4.69) is 9.97 Å². The third-order valence-corrected chi connectivity index (χ3v) is 2.34. The maximum atomic E-state index is 12.7. The summed E-state index contributed by atoms with van der Waals surface area (Å²) in [7, 11) is 0. The number of hydrogen-bond acceptors (Lipinski definition) is 3. The standard InChI is InChI=1S/C11H8ClFN2O/c12-11-14-5-8(6-15-11)10(16)7-1-3-9(13)4-2-7/h1-6,10,16H. The lowest BCUT2D eigenvalue weighted by atomic mass is 10.0. The first-order chi connectivity index (χ1) is 7.66. The summed E-state index contributed by atoms with van der Waals surface area (Å²) in [5, 5.41) is 10.0. The minimum Gasteiger partial charge on any atom is -0.384 e. The summed E-state index contributed by atoms with van der Waals surface area (Å²) < 4.78 is 12.7. The van der Waals surface area contributed by atoms with Crippen molar-refractivity contribution in [1.82, 2.24) is 9.97 Å². The van der Waals surface area contributed by atoms with E-state index in [1.165, 1.54) is 36.7 Å². The van der Waals surface area contributed by atoms with Crippen LogP contribution in [-0.4, -0.2) is 15.1 Å². The molecule has 1 N–H and O–H groups in total. The summed E-state index contributed by atoms with van der Waals surface area (Å²) in [4.78, 5) is 7.53. The van der Waals surface area contributed by atoms with Gasteiger partial charge in [-0.05, 0) is 29.3 Å². The Balaban J connectivity index is 2.28. The second-order valence-corrected chi connectivity index (χ2v) is 3.58. The van der Waals surface area contributed by atoms with Crippen LogP contribution in [-0.2, 0) is 0 Å². The lowest BCUT2D eigenvalue weighted by molar-refractivity contribution is 0.219. The summed E-state index contributed by atoms with van der Waals surface area (Å²) in [6.07, 6.45) is 1.99. The summed E-state index contributed by atoms with van der Waals surface area (Å²) in [5.74, 6) is -0.344. The first-order valence-electron chi connectivity index (χ1n) is 4.58. The third kappa shape index (κ3) is 2.35. The van der Waals surface area contributed by atoms with Crippen LogP contribution in [0.15, 0.2) is 36.7 Å². The second-order valence-electron chi connectivity index (χ2n) is 3.24. The summed E-state index contributed by atoms with van der Waals surface area (Å²) in [6, 6.07) is 5.59. The minimum absolute atomic E-state index is 0.120. The average Bonchev–Trinajstić information content (AvgIpc) is 2.30. The Morgan fingerprint density at radius 2 is 1.62 bits per heavy atom. The van der Waals surface area contributed by atoms with Crippen LogP contribution >= 0.6 is 11.6 Å². The molecule has 0 saturated carbocycles. The molecule has 1 atom stereocenters. The fourth-order valence-electron chi connectivity index (χ4n) is 1.30. The van der Waals surface area contributed by atoms with Crippen molar-refractivity contribution < 1.29 is 9.50 Å². The van der Waals surface area contributed by atoms with Crippen molar-refractivity contribution in [3.63, 3.8) is 0 Å². The highest BCUT2D eigenvalue weighted by Crippen LogP contribution is 2.21. The molecule has 0 fully saturated rings. The number of benzene rings is 1. The predicted molar refractivity (Wildman–Crippen MR) is 57.5 cm³/mol. The zero-order valence-electron chi connectivity index (χ0n) is 8.14. The van der Waals surface area contributed by atoms with E-state index in [0.717, 1.165) is 0 Å². The molecular weight excluding hydrogens is 231 g/mol. The van der Waals surface area contributed by atoms with Gasteiger partial charge in [0.25, 0.3) is 0 Å². The maximum absolute atomic E-state index is 12.7. The van der Waals surface area contributed by atoms with Crippen molar-refractivity contribution in [2.24, 2.45) is 0 Å². The van der Waals surface area contributed by atoms with Crippen molar-refractivity contribution in [2.45, 2.75) is 6.10 Å². The van der Waals surface area contributed by atoms with Crippen LogP contribution in [0.1, 0.15) is 17.2 Å². The Hall–Kier alpha value is -1.52. The molecular formula is C11H8ClFN2O. The van der Waals surface area contributed by atoms with E-state index in [1.807, 2.05) is 0 Å². The molecule has 1 aromatic carbocycles. The van der Waals surface area contributed by atoms with Gasteiger partial charge < -0.3 is 5.11 Å². The van der Waals surface area contributed by atoms with E-state index in [1.54, 1.807) is 0 Å². The quantitative estimate of drug-likeness (QED) is 0.817. The van der Waals surface area contributed by atoms with Crippen LogP contribution in [0.4, 0.5) is 4.39 Å². The molecule has 0 bridgehead atoms. The zero-order chi connectivity index (χ0) is 11.5. The van der Waals surface area contributed by atoms with Gasteiger partial charge in [0.1, 0.15) is 11.9 Å². The molecule has 2 rings (SSSR count). The van der Waals surface area contributed by atoms with Crippen LogP contribution in [0.3, 0.4) is 0 Å². The Morgan fingerprint density at radius 1 is 1.06 bits per heavy atom. The first kappa shape index (κ1) is 11.0.